The molecule has 0 amide bonds. The maximum absolute atomic E-state index is 13.4. The number of rotatable bonds is 15. The molecular weight excluding hydrogens is 489 g/mol. The van der Waals surface area contributed by atoms with Crippen molar-refractivity contribution in [2.75, 3.05) is 24.0 Å². The van der Waals surface area contributed by atoms with E-state index >= 15 is 0 Å². The van der Waals surface area contributed by atoms with Crippen molar-refractivity contribution >= 4 is 43.7 Å². The van der Waals surface area contributed by atoms with Crippen molar-refractivity contribution < 1.29 is 21.6 Å². The van der Waals surface area contributed by atoms with E-state index in [1.165, 1.54) is 0 Å². The number of unbranched alkanes of at least 4 members (excludes halogenated alkanes) is 2. The Hall–Kier alpha value is -2.12. The topological polar surface area (TPSA) is 92.4 Å². The van der Waals surface area contributed by atoms with Crippen LogP contribution < -0.4 is 4.90 Å². The average molecular weight is 521 g/mol. The largest absolute Gasteiger partial charge is 0.371 e. The zero-order chi connectivity index (χ0) is 25.0. The van der Waals surface area contributed by atoms with E-state index in [-0.39, 0.29) is 11.4 Å². The van der Waals surface area contributed by atoms with Crippen molar-refractivity contribution in [1.82, 2.24) is 9.36 Å². The van der Waals surface area contributed by atoms with E-state index in [2.05, 4.69) is 46.9 Å². The highest BCUT2D eigenvalue weighted by Gasteiger charge is 2.19. The maximum atomic E-state index is 13.4. The number of aryl methyl sites for hydroxylation is 1. The van der Waals surface area contributed by atoms with E-state index in [4.69, 9.17) is 0 Å². The van der Waals surface area contributed by atoms with Crippen LogP contribution in [0.2, 0.25) is 0 Å². The number of hydrogen-bond donors (Lipinski definition) is 0. The molecule has 0 aliphatic carbocycles. The summed E-state index contributed by atoms with van der Waals surface area (Å²) in [6, 6.07) is 3.24. The molecule has 1 heterocycles. The number of nitrogens with zero attached hydrogens (tertiary/aromatic N) is 6. The lowest BCUT2D eigenvalue weighted by molar-refractivity contribution is -0.0421. The third kappa shape index (κ3) is 8.91. The van der Waals surface area contributed by atoms with Gasteiger partial charge in [0.1, 0.15) is 17.2 Å². The summed E-state index contributed by atoms with van der Waals surface area (Å²) >= 11 is 1.07. The molecule has 1 atom stereocenters. The summed E-state index contributed by atoms with van der Waals surface area (Å²) in [5.41, 5.74) is 0.806. The minimum Gasteiger partial charge on any atom is -0.371 e. The molecular formula is C21H31F3N6O2S2. The Morgan fingerprint density at radius 2 is 1.79 bits per heavy atom. The lowest BCUT2D eigenvalue weighted by Gasteiger charge is -2.25. The molecule has 34 heavy (non-hydrogen) atoms. The van der Waals surface area contributed by atoms with E-state index in [0.29, 0.717) is 17.4 Å². The van der Waals surface area contributed by atoms with Gasteiger partial charge in [-0.3, -0.25) is 0 Å². The predicted molar refractivity (Wildman–Crippen MR) is 130 cm³/mol. The SMILES string of the molecule is CCCCN(CCCC)c1ccc(N=Nc2nc(CCC)ns2)c(N=S(=O)(CF)OC(F)F)c1. The van der Waals surface area contributed by atoms with Crippen molar-refractivity contribution in [2.45, 2.75) is 65.9 Å². The summed E-state index contributed by atoms with van der Waals surface area (Å²) in [6.45, 7) is 4.27. The second kappa shape index (κ2) is 14.3. The van der Waals surface area contributed by atoms with E-state index in [1.807, 2.05) is 6.92 Å². The Balaban J connectivity index is 2.50. The van der Waals surface area contributed by atoms with Crippen LogP contribution in [-0.2, 0) is 20.6 Å². The Morgan fingerprint density at radius 1 is 1.09 bits per heavy atom. The minimum atomic E-state index is -4.30. The summed E-state index contributed by atoms with van der Waals surface area (Å²) in [5.74, 6) is 0.648. The number of anilines is 1. The zero-order valence-corrected chi connectivity index (χ0v) is 21.3. The van der Waals surface area contributed by atoms with Crippen LogP contribution >= 0.6 is 11.5 Å². The van der Waals surface area contributed by atoms with E-state index in [1.54, 1.807) is 18.2 Å². The normalized spacial score (nSPS) is 13.5. The molecule has 0 radical (unpaired) electrons. The number of halogens is 3. The fraction of sp³-hybridized carbons (Fsp3) is 0.619. The molecule has 0 aliphatic rings. The summed E-state index contributed by atoms with van der Waals surface area (Å²) in [5, 5.41) is 8.46. The smallest absolute Gasteiger partial charge is 0.357 e. The number of hydrogen-bond acceptors (Lipinski definition) is 9. The molecule has 190 valence electrons. The summed E-state index contributed by atoms with van der Waals surface area (Å²) in [4.78, 5) is 6.38. The quantitative estimate of drug-likeness (QED) is 0.227. The monoisotopic (exact) mass is 520 g/mol. The molecule has 13 heteroatoms. The van der Waals surface area contributed by atoms with Crippen molar-refractivity contribution in [3.8, 4) is 0 Å². The molecule has 1 unspecified atom stereocenters. The molecule has 1 aromatic heterocycles. The van der Waals surface area contributed by atoms with Gasteiger partial charge in [-0.25, -0.2) is 17.8 Å². The first-order valence-electron chi connectivity index (χ1n) is 11.2. The van der Waals surface area contributed by atoms with Crippen LogP contribution in [-0.4, -0.2) is 39.3 Å². The van der Waals surface area contributed by atoms with Crippen LogP contribution in [0.15, 0.2) is 32.8 Å². The fourth-order valence-corrected chi connectivity index (χ4v) is 4.34. The van der Waals surface area contributed by atoms with Gasteiger partial charge in [0.2, 0.25) is 15.1 Å². The van der Waals surface area contributed by atoms with Gasteiger partial charge in [-0.15, -0.1) is 10.2 Å². The van der Waals surface area contributed by atoms with Crippen LogP contribution in [0.3, 0.4) is 0 Å². The van der Waals surface area contributed by atoms with Crippen LogP contribution in [0.1, 0.15) is 58.7 Å². The van der Waals surface area contributed by atoms with E-state index < -0.39 is 22.6 Å². The van der Waals surface area contributed by atoms with Gasteiger partial charge in [0.05, 0.1) is 0 Å². The molecule has 8 nitrogen and oxygen atoms in total. The van der Waals surface area contributed by atoms with E-state index in [9.17, 15) is 17.4 Å². The second-order valence-corrected chi connectivity index (χ2v) is 9.94. The average Bonchev–Trinajstić information content (AvgIpc) is 3.25. The highest BCUT2D eigenvalue weighted by molar-refractivity contribution is 7.89. The minimum absolute atomic E-state index is 0.0548. The summed E-state index contributed by atoms with van der Waals surface area (Å²) in [7, 11) is -4.30. The van der Waals surface area contributed by atoms with Gasteiger partial charge < -0.3 is 4.90 Å². The number of azo groups is 1. The lowest BCUT2D eigenvalue weighted by Crippen LogP contribution is -2.25. The fourth-order valence-electron chi connectivity index (χ4n) is 2.98. The van der Waals surface area contributed by atoms with Gasteiger partial charge in [-0.1, -0.05) is 33.6 Å². The number of aromatic nitrogens is 2. The maximum Gasteiger partial charge on any atom is 0.357 e. The van der Waals surface area contributed by atoms with Crippen LogP contribution in [0, 0.1) is 0 Å². The second-order valence-electron chi connectivity index (χ2n) is 7.45. The first kappa shape index (κ1) is 28.1. The van der Waals surface area contributed by atoms with Crippen LogP contribution in [0.4, 0.5) is 35.4 Å². The summed E-state index contributed by atoms with van der Waals surface area (Å²) < 4.78 is 63.4. The molecule has 2 rings (SSSR count). The molecule has 1 aromatic carbocycles. The van der Waals surface area contributed by atoms with Crippen molar-refractivity contribution in [2.24, 2.45) is 14.6 Å². The third-order valence-electron chi connectivity index (χ3n) is 4.66. The third-order valence-corrected chi connectivity index (χ3v) is 6.50. The van der Waals surface area contributed by atoms with Gasteiger partial charge in [0.15, 0.2) is 6.01 Å². The molecule has 0 aliphatic heterocycles. The highest BCUT2D eigenvalue weighted by Crippen LogP contribution is 2.36. The van der Waals surface area contributed by atoms with Gasteiger partial charge in [-0.05, 0) is 37.5 Å². The van der Waals surface area contributed by atoms with Gasteiger partial charge in [0, 0.05) is 36.7 Å². The number of benzene rings is 1. The van der Waals surface area contributed by atoms with Crippen molar-refractivity contribution in [3.63, 3.8) is 0 Å². The van der Waals surface area contributed by atoms with Gasteiger partial charge in [-0.2, -0.15) is 17.5 Å². The van der Waals surface area contributed by atoms with Gasteiger partial charge in [0.25, 0.3) is 0 Å². The molecule has 0 fully saturated rings. The molecule has 0 N–H and O–H groups in total. The lowest BCUT2D eigenvalue weighted by atomic mass is 10.2. The predicted octanol–water partition coefficient (Wildman–Crippen LogP) is 7.49. The molecule has 0 bridgehead atoms. The summed E-state index contributed by atoms with van der Waals surface area (Å²) in [6.07, 6.45) is 5.47. The van der Waals surface area contributed by atoms with Crippen LogP contribution in [0.5, 0.6) is 0 Å². The Kier molecular flexibility index (Phi) is 11.8. The number of alkyl halides is 3. The molecule has 0 spiro atoms. The Labute approximate surface area is 203 Å². The Morgan fingerprint density at radius 3 is 2.38 bits per heavy atom. The first-order valence-corrected chi connectivity index (χ1v) is 13.6. The molecule has 2 aromatic rings. The zero-order valence-electron chi connectivity index (χ0n) is 19.6. The van der Waals surface area contributed by atoms with E-state index in [0.717, 1.165) is 62.4 Å². The standard InChI is InChI=1S/C21H31F3N6O2S2/c1-4-7-12-30(13-8-5-2)16-10-11-17(26-27-21-25-19(9-6-3)28-33-21)18(14-16)29-34(31,15-22)32-20(23)24/h10-11,14,20H,4-9,12-13,15H2,1-3H3. The first-order chi connectivity index (χ1) is 16.3. The Bertz CT molecular complexity index is 1030. The van der Waals surface area contributed by atoms with Gasteiger partial charge >= 0.3 is 6.61 Å². The molecule has 0 saturated heterocycles. The molecule has 0 saturated carbocycles. The highest BCUT2D eigenvalue weighted by atomic mass is 32.2. The van der Waals surface area contributed by atoms with Crippen molar-refractivity contribution in [1.29, 1.82) is 0 Å². The van der Waals surface area contributed by atoms with Crippen molar-refractivity contribution in [3.05, 3.63) is 24.0 Å². The van der Waals surface area contributed by atoms with Crippen LogP contribution in [0.25, 0.3) is 0 Å².